The van der Waals surface area contributed by atoms with E-state index in [0.717, 1.165) is 30.7 Å². The fraction of sp³-hybridized carbons (Fsp3) is 0.571. The minimum Gasteiger partial charge on any atom is -0.379 e. The van der Waals surface area contributed by atoms with Crippen LogP contribution < -0.4 is 5.73 Å². The third kappa shape index (κ3) is 2.56. The second kappa shape index (κ2) is 5.09. The van der Waals surface area contributed by atoms with Crippen molar-refractivity contribution in [2.75, 3.05) is 19.8 Å². The van der Waals surface area contributed by atoms with Gasteiger partial charge in [0.2, 0.25) is 0 Å². The smallest absolute Gasteiger partial charge is 0.0585 e. The zero-order valence-corrected chi connectivity index (χ0v) is 12.1. The molecule has 1 unspecified atom stereocenters. The van der Waals surface area contributed by atoms with Gasteiger partial charge in [0.15, 0.2) is 0 Å². The first-order valence-corrected chi connectivity index (χ1v) is 6.91. The van der Waals surface area contributed by atoms with Crippen molar-refractivity contribution in [1.29, 1.82) is 0 Å². The summed E-state index contributed by atoms with van der Waals surface area (Å²) in [5.41, 5.74) is 8.70. The quantitative estimate of drug-likeness (QED) is 0.927. The third-order valence-corrected chi connectivity index (χ3v) is 4.16. The van der Waals surface area contributed by atoms with Crippen LogP contribution in [0.5, 0.6) is 0 Å². The molecule has 0 aromatic heterocycles. The summed E-state index contributed by atoms with van der Waals surface area (Å²) in [6.07, 6.45) is 1.11. The lowest BCUT2D eigenvalue weighted by molar-refractivity contribution is -0.0705. The molecule has 1 atom stereocenters. The van der Waals surface area contributed by atoms with Crippen LogP contribution in [0.15, 0.2) is 22.7 Å². The Morgan fingerprint density at radius 1 is 1.47 bits per heavy atom. The number of hydrogen-bond donors (Lipinski definition) is 1. The highest BCUT2D eigenvalue weighted by Crippen LogP contribution is 2.40. The molecule has 1 fully saturated rings. The van der Waals surface area contributed by atoms with Gasteiger partial charge >= 0.3 is 0 Å². The molecule has 0 aliphatic carbocycles. The summed E-state index contributed by atoms with van der Waals surface area (Å²) in [6.45, 7) is 6.79. The van der Waals surface area contributed by atoms with Gasteiger partial charge in [-0.3, -0.25) is 0 Å². The van der Waals surface area contributed by atoms with Gasteiger partial charge in [0, 0.05) is 9.89 Å². The molecule has 17 heavy (non-hydrogen) atoms. The monoisotopic (exact) mass is 297 g/mol. The molecule has 1 aliphatic heterocycles. The Kier molecular flexibility index (Phi) is 3.91. The van der Waals surface area contributed by atoms with Crippen molar-refractivity contribution in [2.24, 2.45) is 11.7 Å². The molecule has 2 N–H and O–H groups in total. The highest BCUT2D eigenvalue weighted by atomic mass is 79.9. The molecule has 0 spiro atoms. The van der Waals surface area contributed by atoms with Gasteiger partial charge < -0.3 is 10.5 Å². The third-order valence-electron chi connectivity index (χ3n) is 3.67. The summed E-state index contributed by atoms with van der Waals surface area (Å²) in [6, 6.07) is 6.51. The van der Waals surface area contributed by atoms with Gasteiger partial charge in [-0.25, -0.2) is 0 Å². The van der Waals surface area contributed by atoms with Crippen LogP contribution in [0.1, 0.15) is 24.5 Å². The molecular weight excluding hydrogens is 278 g/mol. The molecule has 3 heteroatoms. The largest absolute Gasteiger partial charge is 0.379 e. The van der Waals surface area contributed by atoms with Crippen molar-refractivity contribution in [2.45, 2.75) is 25.7 Å². The fourth-order valence-corrected chi connectivity index (χ4v) is 3.01. The highest BCUT2D eigenvalue weighted by Gasteiger charge is 2.42. The minimum absolute atomic E-state index is 0.187. The number of rotatable bonds is 4. The second-order valence-corrected chi connectivity index (χ2v) is 6.19. The summed E-state index contributed by atoms with van der Waals surface area (Å²) < 4.78 is 6.62. The van der Waals surface area contributed by atoms with Gasteiger partial charge in [-0.1, -0.05) is 28.9 Å². The lowest BCUT2D eigenvalue weighted by Crippen LogP contribution is -2.48. The van der Waals surface area contributed by atoms with Crippen LogP contribution in [0, 0.1) is 12.8 Å². The maximum atomic E-state index is 5.75. The first kappa shape index (κ1) is 13.1. The Morgan fingerprint density at radius 3 is 2.71 bits per heavy atom. The summed E-state index contributed by atoms with van der Waals surface area (Å²) >= 11 is 3.56. The molecule has 2 nitrogen and oxygen atoms in total. The zero-order valence-electron chi connectivity index (χ0n) is 10.5. The Labute approximate surface area is 112 Å². The van der Waals surface area contributed by atoms with Crippen LogP contribution in [0.25, 0.3) is 0 Å². The molecule has 0 bridgehead atoms. The summed E-state index contributed by atoms with van der Waals surface area (Å²) in [5, 5.41) is 0. The standard InChI is InChI=1S/C14H20BrNO/c1-10(7-16)6-14(8-17-9-14)13-5-12(15)4-3-11(13)2/h3-5,10H,6-9,16H2,1-2H3. The van der Waals surface area contributed by atoms with Gasteiger partial charge in [0.05, 0.1) is 13.2 Å². The molecule has 1 saturated heterocycles. The van der Waals surface area contributed by atoms with Crippen molar-refractivity contribution in [3.05, 3.63) is 33.8 Å². The van der Waals surface area contributed by atoms with E-state index in [1.165, 1.54) is 11.1 Å². The summed E-state index contributed by atoms with van der Waals surface area (Å²) in [7, 11) is 0. The SMILES string of the molecule is Cc1ccc(Br)cc1C1(CC(C)CN)COC1. The van der Waals surface area contributed by atoms with E-state index in [2.05, 4.69) is 48.0 Å². The van der Waals surface area contributed by atoms with Gasteiger partial charge in [-0.05, 0) is 49.1 Å². The molecule has 94 valence electrons. The lowest BCUT2D eigenvalue weighted by atomic mass is 9.71. The predicted octanol–water partition coefficient (Wildman–Crippen LogP) is 3.01. The molecule has 1 aromatic carbocycles. The Morgan fingerprint density at radius 2 is 2.18 bits per heavy atom. The molecule has 1 aromatic rings. The average molecular weight is 298 g/mol. The van der Waals surface area contributed by atoms with Crippen LogP contribution in [0.3, 0.4) is 0 Å². The van der Waals surface area contributed by atoms with Crippen molar-refractivity contribution in [3.63, 3.8) is 0 Å². The number of halogens is 1. The molecule has 1 heterocycles. The van der Waals surface area contributed by atoms with Crippen LogP contribution in [-0.2, 0) is 10.2 Å². The van der Waals surface area contributed by atoms with Crippen molar-refractivity contribution in [3.8, 4) is 0 Å². The van der Waals surface area contributed by atoms with Crippen molar-refractivity contribution in [1.82, 2.24) is 0 Å². The van der Waals surface area contributed by atoms with E-state index in [4.69, 9.17) is 10.5 Å². The molecule has 0 saturated carbocycles. The Hall–Kier alpha value is -0.380. The summed E-state index contributed by atoms with van der Waals surface area (Å²) in [4.78, 5) is 0. The zero-order chi connectivity index (χ0) is 12.5. The highest BCUT2D eigenvalue weighted by molar-refractivity contribution is 9.10. The van der Waals surface area contributed by atoms with Crippen LogP contribution in [-0.4, -0.2) is 19.8 Å². The minimum atomic E-state index is 0.187. The average Bonchev–Trinajstić information content (AvgIpc) is 2.27. The topological polar surface area (TPSA) is 35.2 Å². The number of aryl methyl sites for hydroxylation is 1. The normalized spacial score (nSPS) is 19.8. The Bertz CT molecular complexity index is 401. The van der Waals surface area contributed by atoms with Crippen molar-refractivity contribution >= 4 is 15.9 Å². The van der Waals surface area contributed by atoms with E-state index in [1.54, 1.807) is 0 Å². The van der Waals surface area contributed by atoms with E-state index < -0.39 is 0 Å². The number of hydrogen-bond acceptors (Lipinski definition) is 2. The molecule has 2 rings (SSSR count). The van der Waals surface area contributed by atoms with Crippen LogP contribution in [0.4, 0.5) is 0 Å². The van der Waals surface area contributed by atoms with E-state index in [-0.39, 0.29) is 5.41 Å². The fourth-order valence-electron chi connectivity index (χ4n) is 2.65. The number of nitrogens with two attached hydrogens (primary N) is 1. The van der Waals surface area contributed by atoms with Gasteiger partial charge in [-0.15, -0.1) is 0 Å². The van der Waals surface area contributed by atoms with E-state index in [9.17, 15) is 0 Å². The van der Waals surface area contributed by atoms with E-state index >= 15 is 0 Å². The molecular formula is C14H20BrNO. The lowest BCUT2D eigenvalue weighted by Gasteiger charge is -2.44. The molecule has 1 aliphatic rings. The van der Waals surface area contributed by atoms with Gasteiger partial charge in [0.25, 0.3) is 0 Å². The van der Waals surface area contributed by atoms with Crippen molar-refractivity contribution < 1.29 is 4.74 Å². The predicted molar refractivity (Wildman–Crippen MR) is 74.2 cm³/mol. The first-order chi connectivity index (χ1) is 8.07. The van der Waals surface area contributed by atoms with Gasteiger partial charge in [0.1, 0.15) is 0 Å². The molecule has 0 radical (unpaired) electrons. The van der Waals surface area contributed by atoms with E-state index in [0.29, 0.717) is 5.92 Å². The van der Waals surface area contributed by atoms with Crippen LogP contribution >= 0.6 is 15.9 Å². The maximum Gasteiger partial charge on any atom is 0.0585 e. The van der Waals surface area contributed by atoms with Gasteiger partial charge in [-0.2, -0.15) is 0 Å². The Balaban J connectivity index is 2.31. The van der Waals surface area contributed by atoms with Crippen LogP contribution in [0.2, 0.25) is 0 Å². The summed E-state index contributed by atoms with van der Waals surface area (Å²) in [5.74, 6) is 0.539. The number of benzene rings is 1. The maximum absolute atomic E-state index is 5.75. The van der Waals surface area contributed by atoms with E-state index in [1.807, 2.05) is 0 Å². The molecule has 0 amide bonds. The first-order valence-electron chi connectivity index (χ1n) is 6.12. The number of ether oxygens (including phenoxy) is 1. The second-order valence-electron chi connectivity index (χ2n) is 5.28.